The molecule has 0 bridgehead atoms. The van der Waals surface area contributed by atoms with Crippen molar-refractivity contribution in [3.8, 4) is 22.8 Å². The molecule has 27 heavy (non-hydrogen) atoms. The average molecular weight is 367 g/mol. The predicted molar refractivity (Wildman–Crippen MR) is 112 cm³/mol. The first kappa shape index (κ1) is 19.3. The molecule has 4 nitrogen and oxygen atoms in total. The van der Waals surface area contributed by atoms with Crippen LogP contribution in [-0.4, -0.2) is 26.9 Å². The number of nitrogens with one attached hydrogen (secondary N) is 1. The molecule has 0 unspecified atom stereocenters. The first-order valence-electron chi connectivity index (χ1n) is 9.62. The normalized spacial score (nSPS) is 12.0. The highest BCUT2D eigenvalue weighted by molar-refractivity contribution is 5.92. The van der Waals surface area contributed by atoms with Crippen molar-refractivity contribution in [1.29, 1.82) is 0 Å². The molecule has 0 spiro atoms. The van der Waals surface area contributed by atoms with Crippen LogP contribution < -0.4 is 5.32 Å². The highest BCUT2D eigenvalue weighted by Crippen LogP contribution is 2.35. The topological polar surface area (TPSA) is 57.4 Å². The number of fused-ring (bicyclic) bond motifs is 1. The second-order valence-corrected chi connectivity index (χ2v) is 8.26. The molecule has 3 rings (SSSR count). The minimum atomic E-state index is 0.144. The standard InChI is InChI=1S/C23H30N2O2/c1-16-20-15-19(27)11-12-21(20)25(14-6-5-13-24-23(2,3)4)22(16)17-7-9-18(26)10-8-17/h7-12,15,24,26-27H,5-6,13-14H2,1-4H3. The summed E-state index contributed by atoms with van der Waals surface area (Å²) in [6.45, 7) is 10.6. The summed E-state index contributed by atoms with van der Waals surface area (Å²) in [6.07, 6.45) is 2.17. The molecule has 0 aliphatic heterocycles. The lowest BCUT2D eigenvalue weighted by Crippen LogP contribution is -2.36. The van der Waals surface area contributed by atoms with Gasteiger partial charge < -0.3 is 20.1 Å². The zero-order valence-corrected chi connectivity index (χ0v) is 16.7. The molecule has 3 aromatic rings. The molecule has 0 saturated carbocycles. The second kappa shape index (κ2) is 7.65. The molecule has 2 aromatic carbocycles. The number of hydrogen-bond donors (Lipinski definition) is 3. The van der Waals surface area contributed by atoms with E-state index in [2.05, 4.69) is 37.6 Å². The minimum absolute atomic E-state index is 0.144. The first-order valence-corrected chi connectivity index (χ1v) is 9.62. The highest BCUT2D eigenvalue weighted by Gasteiger charge is 2.16. The number of nitrogens with zero attached hydrogens (tertiary/aromatic N) is 1. The Morgan fingerprint density at radius 3 is 2.26 bits per heavy atom. The number of phenolic OH excluding ortho intramolecular Hbond substituents is 2. The monoisotopic (exact) mass is 366 g/mol. The van der Waals surface area contributed by atoms with E-state index < -0.39 is 0 Å². The van der Waals surface area contributed by atoms with E-state index in [-0.39, 0.29) is 17.0 Å². The summed E-state index contributed by atoms with van der Waals surface area (Å²) >= 11 is 0. The van der Waals surface area contributed by atoms with Crippen molar-refractivity contribution < 1.29 is 10.2 Å². The number of benzene rings is 2. The fraction of sp³-hybridized carbons (Fsp3) is 0.391. The quantitative estimate of drug-likeness (QED) is 0.526. The maximum Gasteiger partial charge on any atom is 0.116 e. The van der Waals surface area contributed by atoms with Gasteiger partial charge in [0.15, 0.2) is 0 Å². The van der Waals surface area contributed by atoms with Crippen molar-refractivity contribution in [3.63, 3.8) is 0 Å². The number of aromatic nitrogens is 1. The van der Waals surface area contributed by atoms with Crippen molar-refractivity contribution in [2.75, 3.05) is 6.54 Å². The first-order chi connectivity index (χ1) is 12.8. The van der Waals surface area contributed by atoms with Gasteiger partial charge in [-0.05, 0) is 101 Å². The van der Waals surface area contributed by atoms with Crippen LogP contribution in [0.25, 0.3) is 22.2 Å². The van der Waals surface area contributed by atoms with Gasteiger partial charge in [0.2, 0.25) is 0 Å². The fourth-order valence-electron chi connectivity index (χ4n) is 3.59. The van der Waals surface area contributed by atoms with E-state index in [9.17, 15) is 10.2 Å². The van der Waals surface area contributed by atoms with E-state index in [1.165, 1.54) is 0 Å². The van der Waals surface area contributed by atoms with Crippen LogP contribution in [0.2, 0.25) is 0 Å². The Kier molecular flexibility index (Phi) is 5.47. The van der Waals surface area contributed by atoms with Gasteiger partial charge in [-0.3, -0.25) is 0 Å². The van der Waals surface area contributed by atoms with Crippen LogP contribution >= 0.6 is 0 Å². The predicted octanol–water partition coefficient (Wildman–Crippen LogP) is 5.20. The third-order valence-corrected chi connectivity index (χ3v) is 4.90. The summed E-state index contributed by atoms with van der Waals surface area (Å²) in [5, 5.41) is 24.2. The van der Waals surface area contributed by atoms with Crippen molar-refractivity contribution in [2.24, 2.45) is 0 Å². The zero-order chi connectivity index (χ0) is 19.6. The molecular weight excluding hydrogens is 336 g/mol. The molecule has 0 fully saturated rings. The van der Waals surface area contributed by atoms with Gasteiger partial charge in [-0.25, -0.2) is 0 Å². The largest absolute Gasteiger partial charge is 0.508 e. The number of hydrogen-bond acceptors (Lipinski definition) is 3. The fourth-order valence-corrected chi connectivity index (χ4v) is 3.59. The summed E-state index contributed by atoms with van der Waals surface area (Å²) in [5.41, 5.74) is 4.66. The van der Waals surface area contributed by atoms with Gasteiger partial charge in [0, 0.05) is 23.0 Å². The summed E-state index contributed by atoms with van der Waals surface area (Å²) in [7, 11) is 0. The van der Waals surface area contributed by atoms with Gasteiger partial charge in [-0.15, -0.1) is 0 Å². The second-order valence-electron chi connectivity index (χ2n) is 8.26. The molecule has 1 heterocycles. The smallest absolute Gasteiger partial charge is 0.116 e. The minimum Gasteiger partial charge on any atom is -0.508 e. The van der Waals surface area contributed by atoms with Crippen LogP contribution in [0.3, 0.4) is 0 Å². The zero-order valence-electron chi connectivity index (χ0n) is 16.7. The van der Waals surface area contributed by atoms with Gasteiger partial charge in [0.1, 0.15) is 11.5 Å². The lowest BCUT2D eigenvalue weighted by atomic mass is 10.1. The maximum atomic E-state index is 9.93. The third kappa shape index (κ3) is 4.45. The van der Waals surface area contributed by atoms with E-state index in [0.29, 0.717) is 0 Å². The summed E-state index contributed by atoms with van der Waals surface area (Å²) < 4.78 is 2.34. The number of aromatic hydroxyl groups is 2. The SMILES string of the molecule is Cc1c(-c2ccc(O)cc2)n(CCCCNC(C)(C)C)c2ccc(O)cc12. The highest BCUT2D eigenvalue weighted by atomic mass is 16.3. The van der Waals surface area contributed by atoms with Crippen LogP contribution in [0.1, 0.15) is 39.2 Å². The van der Waals surface area contributed by atoms with Crippen molar-refractivity contribution in [3.05, 3.63) is 48.0 Å². The van der Waals surface area contributed by atoms with E-state index in [0.717, 1.165) is 53.7 Å². The maximum absolute atomic E-state index is 9.93. The molecule has 0 saturated heterocycles. The Balaban J connectivity index is 1.92. The van der Waals surface area contributed by atoms with Gasteiger partial charge in [-0.1, -0.05) is 0 Å². The van der Waals surface area contributed by atoms with Crippen molar-refractivity contribution >= 4 is 10.9 Å². The summed E-state index contributed by atoms with van der Waals surface area (Å²) in [5.74, 6) is 0.555. The Morgan fingerprint density at radius 1 is 0.926 bits per heavy atom. The molecule has 144 valence electrons. The molecule has 0 radical (unpaired) electrons. The van der Waals surface area contributed by atoms with Crippen molar-refractivity contribution in [1.82, 2.24) is 9.88 Å². The Morgan fingerprint density at radius 2 is 1.59 bits per heavy atom. The summed E-state index contributed by atoms with van der Waals surface area (Å²) in [4.78, 5) is 0. The van der Waals surface area contributed by atoms with E-state index in [1.807, 2.05) is 24.3 Å². The summed E-state index contributed by atoms with van der Waals surface area (Å²) in [6, 6.07) is 12.9. The van der Waals surface area contributed by atoms with E-state index in [4.69, 9.17) is 0 Å². The Labute approximate surface area is 161 Å². The van der Waals surface area contributed by atoms with Gasteiger partial charge in [0.05, 0.1) is 5.69 Å². The van der Waals surface area contributed by atoms with E-state index >= 15 is 0 Å². The van der Waals surface area contributed by atoms with Crippen molar-refractivity contribution in [2.45, 2.75) is 52.6 Å². The van der Waals surface area contributed by atoms with Gasteiger partial charge >= 0.3 is 0 Å². The lowest BCUT2D eigenvalue weighted by molar-refractivity contribution is 0.415. The average Bonchev–Trinajstić information content (AvgIpc) is 2.86. The van der Waals surface area contributed by atoms with Gasteiger partial charge in [0.25, 0.3) is 0 Å². The number of unbranched alkanes of at least 4 members (excludes halogenated alkanes) is 1. The molecule has 4 heteroatoms. The molecule has 1 aromatic heterocycles. The Hall–Kier alpha value is -2.46. The Bertz CT molecular complexity index is 918. The van der Waals surface area contributed by atoms with E-state index in [1.54, 1.807) is 18.2 Å². The number of rotatable bonds is 6. The van der Waals surface area contributed by atoms with Crippen LogP contribution in [0.4, 0.5) is 0 Å². The molecule has 0 atom stereocenters. The number of aryl methyl sites for hydroxylation is 2. The molecule has 0 aliphatic rings. The van der Waals surface area contributed by atoms with Crippen LogP contribution in [0.5, 0.6) is 11.5 Å². The van der Waals surface area contributed by atoms with Crippen LogP contribution in [0.15, 0.2) is 42.5 Å². The third-order valence-electron chi connectivity index (χ3n) is 4.90. The molecule has 0 amide bonds. The van der Waals surface area contributed by atoms with Crippen LogP contribution in [0, 0.1) is 6.92 Å². The molecule has 0 aliphatic carbocycles. The lowest BCUT2D eigenvalue weighted by Gasteiger charge is -2.20. The molecule has 3 N–H and O–H groups in total. The van der Waals surface area contributed by atoms with Crippen LogP contribution in [-0.2, 0) is 6.54 Å². The van der Waals surface area contributed by atoms with Gasteiger partial charge in [-0.2, -0.15) is 0 Å². The molecular formula is C23H30N2O2. The number of phenols is 2.